The smallest absolute Gasteiger partial charge is 0.184 e. The van der Waals surface area contributed by atoms with Crippen LogP contribution in [0.3, 0.4) is 0 Å². The first-order valence-electron chi connectivity index (χ1n) is 27.4. The fourth-order valence-electron chi connectivity index (χ4n) is 12.9. The molecule has 0 bridgehead atoms. The molecule has 388 valence electrons. The minimum atomic E-state index is -1.94. The van der Waals surface area contributed by atoms with Crippen LogP contribution < -0.4 is 0 Å². The summed E-state index contributed by atoms with van der Waals surface area (Å²) in [7, 11) is -1.94. The van der Waals surface area contributed by atoms with Crippen molar-refractivity contribution < 1.29 is 37.6 Å². The van der Waals surface area contributed by atoms with Crippen molar-refractivity contribution in [1.82, 2.24) is 0 Å². The van der Waals surface area contributed by atoms with Gasteiger partial charge in [-0.2, -0.15) is 0 Å². The zero-order valence-electron chi connectivity index (χ0n) is 44.5. The van der Waals surface area contributed by atoms with Crippen LogP contribution in [0.4, 0.5) is 0 Å². The van der Waals surface area contributed by atoms with Gasteiger partial charge in [-0.1, -0.05) is 129 Å². The third kappa shape index (κ3) is 12.5. The summed E-state index contributed by atoms with van der Waals surface area (Å²) in [5, 5.41) is 7.38. The normalized spacial score (nSPS) is 30.4. The van der Waals surface area contributed by atoms with Gasteiger partial charge in [0.2, 0.25) is 0 Å². The molecule has 0 amide bonds. The van der Waals surface area contributed by atoms with Crippen LogP contribution >= 0.6 is 0 Å². The summed E-state index contributed by atoms with van der Waals surface area (Å²) in [5.74, 6) is 0.763. The molecular formula is C64H80O8Si. The van der Waals surface area contributed by atoms with E-state index in [1.54, 1.807) is 0 Å². The molecule has 6 aromatic carbocycles. The maximum absolute atomic E-state index is 7.46. The maximum Gasteiger partial charge on any atom is 0.184 e. The largest absolute Gasteiger partial charge is 0.409 e. The molecule has 4 fully saturated rings. The molecule has 0 unspecified atom stereocenters. The van der Waals surface area contributed by atoms with Crippen LogP contribution in [0.2, 0.25) is 19.6 Å². The van der Waals surface area contributed by atoms with Crippen LogP contribution in [0.15, 0.2) is 140 Å². The predicted molar refractivity (Wildman–Crippen MR) is 296 cm³/mol. The van der Waals surface area contributed by atoms with Gasteiger partial charge in [-0.25, -0.2) is 0 Å². The highest BCUT2D eigenvalue weighted by Crippen LogP contribution is 2.49. The van der Waals surface area contributed by atoms with E-state index in [-0.39, 0.29) is 54.9 Å². The fourth-order valence-corrected chi connectivity index (χ4v) is 14.5. The van der Waals surface area contributed by atoms with E-state index in [0.29, 0.717) is 44.7 Å². The van der Waals surface area contributed by atoms with Crippen molar-refractivity contribution in [3.8, 4) is 0 Å². The maximum atomic E-state index is 7.46. The Morgan fingerprint density at radius 3 is 1.88 bits per heavy atom. The Hall–Kier alpha value is -4.26. The number of fused-ring (bicyclic) bond motifs is 5. The molecule has 0 saturated carbocycles. The molecule has 4 heterocycles. The molecule has 0 aliphatic carbocycles. The quantitative estimate of drug-likeness (QED) is 0.0451. The Balaban J connectivity index is 0.868. The van der Waals surface area contributed by atoms with Crippen molar-refractivity contribution in [1.29, 1.82) is 0 Å². The third-order valence-corrected chi connectivity index (χ3v) is 17.4. The lowest BCUT2D eigenvalue weighted by Gasteiger charge is -2.57. The zero-order valence-corrected chi connectivity index (χ0v) is 45.5. The Kier molecular flexibility index (Phi) is 16.1. The molecule has 8 nitrogen and oxygen atoms in total. The Bertz CT molecular complexity index is 2810. The molecule has 10 rings (SSSR count). The second-order valence-corrected chi connectivity index (χ2v) is 28.0. The molecule has 4 aliphatic heterocycles. The van der Waals surface area contributed by atoms with Gasteiger partial charge in [0.15, 0.2) is 8.32 Å². The molecule has 0 spiro atoms. The minimum absolute atomic E-state index is 0.0518. The molecule has 73 heavy (non-hydrogen) atoms. The number of hydrogen-bond donors (Lipinski definition) is 0. The Morgan fingerprint density at radius 1 is 0.685 bits per heavy atom. The highest BCUT2D eigenvalue weighted by molar-refractivity contribution is 6.69. The van der Waals surface area contributed by atoms with Crippen LogP contribution in [0.5, 0.6) is 0 Å². The van der Waals surface area contributed by atoms with Crippen LogP contribution in [-0.4, -0.2) is 81.1 Å². The van der Waals surface area contributed by atoms with Gasteiger partial charge in [-0.15, -0.1) is 6.58 Å². The lowest BCUT2D eigenvalue weighted by Crippen LogP contribution is -2.67. The van der Waals surface area contributed by atoms with Crippen molar-refractivity contribution in [2.24, 2.45) is 11.8 Å². The SMILES string of the molecule is C=C[C@@H]1O[C@@H]2C[C@@H]3O[C@H](C[C@@H](C[C@@H]4C[C@@H](C)[C@@H]([C@@H](C)CCOCc5ccc6ccccc6c5)O4)OCc4ccc5ccccc5c4)[C@@H](OCc4ccc5ccccc5c4)CC[C@H]3O[C@@]2(C)C[C@@]1(C)O[Si](C)(C)C. The van der Waals surface area contributed by atoms with Gasteiger partial charge in [0, 0.05) is 25.9 Å². The lowest BCUT2D eigenvalue weighted by atomic mass is 9.75. The van der Waals surface area contributed by atoms with E-state index in [9.17, 15) is 0 Å². The molecule has 0 N–H and O–H groups in total. The number of ether oxygens (including phenoxy) is 7. The van der Waals surface area contributed by atoms with Crippen molar-refractivity contribution in [2.45, 2.75) is 185 Å². The van der Waals surface area contributed by atoms with Crippen molar-refractivity contribution in [2.75, 3.05) is 6.61 Å². The van der Waals surface area contributed by atoms with E-state index in [2.05, 4.69) is 181 Å². The van der Waals surface area contributed by atoms with Crippen molar-refractivity contribution in [3.63, 3.8) is 0 Å². The average Bonchev–Trinajstić information content (AvgIpc) is 3.66. The summed E-state index contributed by atoms with van der Waals surface area (Å²) in [4.78, 5) is 0. The number of benzene rings is 6. The van der Waals surface area contributed by atoms with Crippen LogP contribution in [-0.2, 0) is 57.4 Å². The molecule has 6 aromatic rings. The van der Waals surface area contributed by atoms with E-state index in [1.807, 2.05) is 6.08 Å². The van der Waals surface area contributed by atoms with Gasteiger partial charge < -0.3 is 37.6 Å². The topological polar surface area (TPSA) is 73.8 Å². The van der Waals surface area contributed by atoms with E-state index in [0.717, 1.165) is 56.1 Å². The summed E-state index contributed by atoms with van der Waals surface area (Å²) in [6.07, 6.45) is 7.22. The monoisotopic (exact) mass is 1000 g/mol. The van der Waals surface area contributed by atoms with Gasteiger partial charge in [-0.3, -0.25) is 0 Å². The molecule has 0 aromatic heterocycles. The molecule has 13 atom stereocenters. The summed E-state index contributed by atoms with van der Waals surface area (Å²) in [5.41, 5.74) is 2.42. The fraction of sp³-hybridized carbons (Fsp3) is 0.500. The van der Waals surface area contributed by atoms with Gasteiger partial charge in [0.25, 0.3) is 0 Å². The van der Waals surface area contributed by atoms with Gasteiger partial charge >= 0.3 is 0 Å². The number of hydrogen-bond acceptors (Lipinski definition) is 8. The molecule has 9 heteroatoms. The summed E-state index contributed by atoms with van der Waals surface area (Å²) in [6.45, 7) is 22.3. The third-order valence-electron chi connectivity index (χ3n) is 16.3. The van der Waals surface area contributed by atoms with E-state index >= 15 is 0 Å². The van der Waals surface area contributed by atoms with Gasteiger partial charge in [0.05, 0.1) is 79.9 Å². The molecule has 4 aliphatic rings. The summed E-state index contributed by atoms with van der Waals surface area (Å²) in [6, 6.07) is 45.5. The second kappa shape index (κ2) is 22.5. The van der Waals surface area contributed by atoms with Crippen LogP contribution in [0.1, 0.15) is 95.8 Å². The lowest BCUT2D eigenvalue weighted by molar-refractivity contribution is -0.301. The predicted octanol–water partition coefficient (Wildman–Crippen LogP) is 14.5. The Labute approximate surface area is 436 Å². The number of rotatable bonds is 19. The second-order valence-electron chi connectivity index (χ2n) is 23.5. The summed E-state index contributed by atoms with van der Waals surface area (Å²) < 4.78 is 56.2. The molecule has 4 saturated heterocycles. The average molecular weight is 1010 g/mol. The first-order valence-corrected chi connectivity index (χ1v) is 30.8. The van der Waals surface area contributed by atoms with Crippen LogP contribution in [0, 0.1) is 11.8 Å². The molecule has 0 radical (unpaired) electrons. The zero-order chi connectivity index (χ0) is 50.7. The first-order chi connectivity index (χ1) is 35.2. The van der Waals surface area contributed by atoms with E-state index < -0.39 is 19.5 Å². The highest BCUT2D eigenvalue weighted by atomic mass is 28.4. The first kappa shape index (κ1) is 52.2. The van der Waals surface area contributed by atoms with Crippen LogP contribution in [0.25, 0.3) is 32.3 Å². The minimum Gasteiger partial charge on any atom is -0.409 e. The van der Waals surface area contributed by atoms with E-state index in [4.69, 9.17) is 37.6 Å². The van der Waals surface area contributed by atoms with Gasteiger partial charge in [0.1, 0.15) is 6.10 Å². The van der Waals surface area contributed by atoms with E-state index in [1.165, 1.54) is 37.9 Å². The molecular weight excluding hydrogens is 925 g/mol. The highest BCUT2D eigenvalue weighted by Gasteiger charge is 2.58. The summed E-state index contributed by atoms with van der Waals surface area (Å²) >= 11 is 0. The van der Waals surface area contributed by atoms with Crippen molar-refractivity contribution >= 4 is 40.6 Å². The standard InChI is InChI=1S/C64H80O8Si/c1-9-60-64(5,72-73(6,7)8)42-63(4)61(70-60)38-59-57(71-63)29-28-56(67-41-47-24-27-50-18-12-15-21-53(50)35-47)58(69-59)37-54(66-40-46-23-26-49-17-11-14-20-52(49)34-46)36-55-32-44(3)62(68-55)43(2)30-31-65-39-45-22-25-48-16-10-13-19-51(48)33-45/h9-27,33-35,43-44,54-62H,1,28-32,36-42H2,2-8H3/t43-,44+,54+,55-,56-,57+,58+,59-,60-,61+,62+,63-,64+/m0/s1. The van der Waals surface area contributed by atoms with Crippen molar-refractivity contribution in [3.05, 3.63) is 157 Å². The van der Waals surface area contributed by atoms with Gasteiger partial charge in [-0.05, 0) is 145 Å². The Morgan fingerprint density at radius 2 is 1.27 bits per heavy atom.